The van der Waals surface area contributed by atoms with Gasteiger partial charge in [0.05, 0.1) is 0 Å². The molecule has 1 fully saturated rings. The maximum Gasteiger partial charge on any atom is 0.0484 e. The van der Waals surface area contributed by atoms with Crippen LogP contribution in [0.3, 0.4) is 0 Å². The van der Waals surface area contributed by atoms with Crippen LogP contribution in [0, 0.1) is 5.92 Å². The molecule has 2 nitrogen and oxygen atoms in total. The Morgan fingerprint density at radius 3 is 2.85 bits per heavy atom. The minimum absolute atomic E-state index is 0.552. The lowest BCUT2D eigenvalue weighted by Gasteiger charge is -2.44. The van der Waals surface area contributed by atoms with Gasteiger partial charge in [0.1, 0.15) is 0 Å². The van der Waals surface area contributed by atoms with Gasteiger partial charge in [0.2, 0.25) is 0 Å². The smallest absolute Gasteiger partial charge is 0.0484 e. The summed E-state index contributed by atoms with van der Waals surface area (Å²) in [5.41, 5.74) is 3.10. The summed E-state index contributed by atoms with van der Waals surface area (Å²) in [7, 11) is 2.25. The molecule has 3 aliphatic rings. The average Bonchev–Trinajstić information content (AvgIpc) is 2.61. The zero-order chi connectivity index (χ0) is 13.5. The lowest BCUT2D eigenvalue weighted by Crippen LogP contribution is -2.51. The zero-order valence-electron chi connectivity index (χ0n) is 12.1. The van der Waals surface area contributed by atoms with Crippen LogP contribution in [0.5, 0.6) is 0 Å². The summed E-state index contributed by atoms with van der Waals surface area (Å²) in [5.74, 6) is 0.634. The Bertz CT molecular complexity index is 560. The molecule has 0 bridgehead atoms. The number of piperazine rings is 1. The largest absolute Gasteiger partial charge is 0.303 e. The molecule has 104 valence electrons. The topological polar surface area (TPSA) is 6.48 Å². The third-order valence-electron chi connectivity index (χ3n) is 5.09. The highest BCUT2D eigenvalue weighted by Crippen LogP contribution is 2.38. The van der Waals surface area contributed by atoms with E-state index in [1.54, 1.807) is 11.1 Å². The molecule has 1 saturated heterocycles. The van der Waals surface area contributed by atoms with Gasteiger partial charge >= 0.3 is 0 Å². The van der Waals surface area contributed by atoms with Crippen LogP contribution < -0.4 is 0 Å². The number of rotatable bonds is 0. The van der Waals surface area contributed by atoms with E-state index in [1.165, 1.54) is 19.5 Å². The maximum atomic E-state index is 2.73. The molecule has 2 heterocycles. The molecule has 1 aromatic rings. The number of allylic oxidation sites excluding steroid dienone is 2. The Labute approximate surface area is 121 Å². The number of hydrogen-bond donors (Lipinski definition) is 0. The Balaban J connectivity index is 1.81. The molecule has 20 heavy (non-hydrogen) atoms. The van der Waals surface area contributed by atoms with Gasteiger partial charge in [-0.25, -0.2) is 0 Å². The van der Waals surface area contributed by atoms with E-state index in [1.807, 2.05) is 0 Å². The van der Waals surface area contributed by atoms with Crippen molar-refractivity contribution in [1.29, 1.82) is 0 Å². The first-order chi connectivity index (χ1) is 9.83. The molecule has 1 aromatic carbocycles. The third-order valence-corrected chi connectivity index (χ3v) is 5.09. The normalized spacial score (nSPS) is 33.1. The fourth-order valence-electron chi connectivity index (χ4n) is 4.05. The van der Waals surface area contributed by atoms with Crippen LogP contribution in [0.25, 0.3) is 0 Å². The summed E-state index contributed by atoms with van der Waals surface area (Å²) >= 11 is 0. The average molecular weight is 266 g/mol. The minimum atomic E-state index is 0.552. The van der Waals surface area contributed by atoms with Crippen molar-refractivity contribution in [2.24, 2.45) is 5.92 Å². The molecule has 0 saturated carbocycles. The van der Waals surface area contributed by atoms with Gasteiger partial charge in [-0.15, -0.1) is 0 Å². The molecule has 0 amide bonds. The summed E-state index contributed by atoms with van der Waals surface area (Å²) in [6, 6.07) is 10.2. The van der Waals surface area contributed by atoms with E-state index >= 15 is 0 Å². The predicted molar refractivity (Wildman–Crippen MR) is 82.6 cm³/mol. The molecule has 0 radical (unpaired) electrons. The second-order valence-electron chi connectivity index (χ2n) is 6.34. The van der Waals surface area contributed by atoms with Crippen LogP contribution in [0.1, 0.15) is 17.2 Å². The Kier molecular flexibility index (Phi) is 3.01. The fourth-order valence-corrected chi connectivity index (χ4v) is 4.05. The number of benzene rings is 1. The van der Waals surface area contributed by atoms with E-state index in [9.17, 15) is 0 Å². The van der Waals surface area contributed by atoms with Gasteiger partial charge in [0.15, 0.2) is 0 Å². The van der Waals surface area contributed by atoms with E-state index in [0.29, 0.717) is 18.0 Å². The van der Waals surface area contributed by atoms with Crippen molar-refractivity contribution in [1.82, 2.24) is 9.80 Å². The van der Waals surface area contributed by atoms with Crippen LogP contribution in [-0.4, -0.2) is 42.5 Å². The summed E-state index contributed by atoms with van der Waals surface area (Å²) in [6.45, 7) is 3.51. The van der Waals surface area contributed by atoms with Crippen molar-refractivity contribution in [2.75, 3.05) is 26.7 Å². The maximum absolute atomic E-state index is 2.73. The second kappa shape index (κ2) is 4.87. The number of hydrogen-bond acceptors (Lipinski definition) is 2. The van der Waals surface area contributed by atoms with Crippen LogP contribution in [-0.2, 0) is 6.42 Å². The van der Waals surface area contributed by atoms with Gasteiger partial charge in [-0.05, 0) is 24.6 Å². The van der Waals surface area contributed by atoms with E-state index < -0.39 is 0 Å². The van der Waals surface area contributed by atoms with Crippen LogP contribution in [0.2, 0.25) is 0 Å². The first-order valence-corrected chi connectivity index (χ1v) is 7.70. The molecular weight excluding hydrogens is 244 g/mol. The molecular formula is C18H22N2. The standard InChI is InChI=1S/C18H22N2/c1-19-10-11-20-17-9-5-3-7-15(17)12-14-6-2-4-8-16(14)18(20)13-19/h2-9,15,17-18H,10-13H2,1H3. The Morgan fingerprint density at radius 1 is 1.05 bits per heavy atom. The van der Waals surface area contributed by atoms with Gasteiger partial charge in [-0.1, -0.05) is 48.6 Å². The van der Waals surface area contributed by atoms with Gasteiger partial charge in [-0.3, -0.25) is 4.90 Å². The number of likely N-dealkylation sites (N-methyl/N-ethyl adjacent to an activating group) is 1. The van der Waals surface area contributed by atoms with Crippen LogP contribution >= 0.6 is 0 Å². The highest BCUT2D eigenvalue weighted by atomic mass is 15.3. The highest BCUT2D eigenvalue weighted by Gasteiger charge is 2.38. The predicted octanol–water partition coefficient (Wildman–Crippen LogP) is 2.64. The Hall–Kier alpha value is -1.38. The van der Waals surface area contributed by atoms with E-state index in [0.717, 1.165) is 6.54 Å². The highest BCUT2D eigenvalue weighted by molar-refractivity contribution is 5.35. The minimum Gasteiger partial charge on any atom is -0.303 e. The molecule has 0 N–H and O–H groups in total. The SMILES string of the molecule is CN1CCN2C(C1)c1ccccc1CC1C=CC=CC12. The van der Waals surface area contributed by atoms with Crippen LogP contribution in [0.4, 0.5) is 0 Å². The quantitative estimate of drug-likeness (QED) is 0.712. The molecule has 4 rings (SSSR count). The van der Waals surface area contributed by atoms with Crippen molar-refractivity contribution in [2.45, 2.75) is 18.5 Å². The van der Waals surface area contributed by atoms with Crippen molar-refractivity contribution in [3.63, 3.8) is 0 Å². The molecule has 0 spiro atoms. The first kappa shape index (κ1) is 12.4. The van der Waals surface area contributed by atoms with Crippen molar-refractivity contribution in [3.8, 4) is 0 Å². The number of fused-ring (bicyclic) bond motifs is 5. The summed E-state index contributed by atoms with van der Waals surface area (Å²) in [5, 5.41) is 0. The third kappa shape index (κ3) is 1.95. The van der Waals surface area contributed by atoms with Crippen molar-refractivity contribution in [3.05, 3.63) is 59.7 Å². The van der Waals surface area contributed by atoms with Crippen LogP contribution in [0.15, 0.2) is 48.6 Å². The molecule has 3 atom stereocenters. The van der Waals surface area contributed by atoms with E-state index in [2.05, 4.69) is 65.4 Å². The molecule has 0 aromatic heterocycles. The fraction of sp³-hybridized carbons (Fsp3) is 0.444. The lowest BCUT2D eigenvalue weighted by atomic mass is 9.89. The second-order valence-corrected chi connectivity index (χ2v) is 6.34. The molecule has 2 aliphatic heterocycles. The van der Waals surface area contributed by atoms with E-state index in [4.69, 9.17) is 0 Å². The number of nitrogens with zero attached hydrogens (tertiary/aromatic N) is 2. The molecule has 2 heteroatoms. The van der Waals surface area contributed by atoms with Crippen molar-refractivity contribution < 1.29 is 0 Å². The Morgan fingerprint density at radius 2 is 1.90 bits per heavy atom. The van der Waals surface area contributed by atoms with Gasteiger partial charge < -0.3 is 4.90 Å². The lowest BCUT2D eigenvalue weighted by molar-refractivity contribution is 0.0582. The summed E-state index contributed by atoms with van der Waals surface area (Å²) < 4.78 is 0. The van der Waals surface area contributed by atoms with Crippen molar-refractivity contribution >= 4 is 0 Å². The monoisotopic (exact) mass is 266 g/mol. The van der Waals surface area contributed by atoms with Gasteiger partial charge in [0.25, 0.3) is 0 Å². The van der Waals surface area contributed by atoms with Gasteiger partial charge in [0, 0.05) is 37.6 Å². The summed E-state index contributed by atoms with van der Waals surface area (Å²) in [6.07, 6.45) is 10.4. The molecule has 1 aliphatic carbocycles. The first-order valence-electron chi connectivity index (χ1n) is 7.70. The van der Waals surface area contributed by atoms with E-state index in [-0.39, 0.29) is 0 Å². The van der Waals surface area contributed by atoms with Gasteiger partial charge in [-0.2, -0.15) is 0 Å². The zero-order valence-corrected chi connectivity index (χ0v) is 12.1. The molecule has 3 unspecified atom stereocenters. The summed E-state index contributed by atoms with van der Waals surface area (Å²) in [4.78, 5) is 5.21.